The average Bonchev–Trinajstić information content (AvgIpc) is 3.22. The predicted molar refractivity (Wildman–Crippen MR) is 119 cm³/mol. The number of carbonyl (C=O) groups excluding carboxylic acids is 2. The molecule has 1 saturated heterocycles. The molecule has 0 aliphatic carbocycles. The summed E-state index contributed by atoms with van der Waals surface area (Å²) < 4.78 is 6.28. The third-order valence-corrected chi connectivity index (χ3v) is 5.94. The largest absolute Gasteiger partial charge is 0.448 e. The molecule has 156 valence electrons. The van der Waals surface area contributed by atoms with Crippen LogP contribution in [0.1, 0.15) is 23.2 Å². The van der Waals surface area contributed by atoms with E-state index in [0.717, 1.165) is 46.9 Å². The molecule has 2 aromatic carbocycles. The van der Waals surface area contributed by atoms with Crippen molar-refractivity contribution in [2.45, 2.75) is 12.8 Å². The maximum atomic E-state index is 12.6. The molecule has 0 bridgehead atoms. The number of aromatic nitrogens is 2. The predicted octanol–water partition coefficient (Wildman–Crippen LogP) is 4.47. The smallest absolute Gasteiger partial charge is 0.411 e. The van der Waals surface area contributed by atoms with Gasteiger partial charge in [-0.1, -0.05) is 28.1 Å². The Balaban J connectivity index is 1.18. The van der Waals surface area contributed by atoms with Crippen LogP contribution in [-0.2, 0) is 4.74 Å². The Bertz CT molecular complexity index is 1030. The van der Waals surface area contributed by atoms with Crippen molar-refractivity contribution in [3.05, 3.63) is 58.7 Å². The number of benzene rings is 2. The Morgan fingerprint density at radius 3 is 2.70 bits per heavy atom. The molecule has 0 atom stereocenters. The fraction of sp³-hybridized carbons (Fsp3) is 0.318. The number of amides is 1. The second-order valence-electron chi connectivity index (χ2n) is 7.42. The Hall–Kier alpha value is -2.71. The van der Waals surface area contributed by atoms with E-state index in [1.54, 1.807) is 12.3 Å². The number of halogens is 1. The summed E-state index contributed by atoms with van der Waals surface area (Å²) in [5.41, 5.74) is 2.35. The molecule has 1 aliphatic heterocycles. The highest BCUT2D eigenvalue weighted by Gasteiger charge is 2.25. The number of ether oxygens (including phenoxy) is 1. The highest BCUT2D eigenvalue weighted by molar-refractivity contribution is 9.10. The average molecular weight is 471 g/mol. The number of hydrogen-bond acceptors (Lipinski definition) is 5. The van der Waals surface area contributed by atoms with Crippen LogP contribution in [0.2, 0.25) is 0 Å². The molecule has 2 N–H and O–H groups in total. The van der Waals surface area contributed by atoms with Crippen LogP contribution >= 0.6 is 15.9 Å². The monoisotopic (exact) mass is 470 g/mol. The summed E-state index contributed by atoms with van der Waals surface area (Å²) >= 11 is 3.40. The van der Waals surface area contributed by atoms with E-state index in [1.165, 1.54) is 0 Å². The Labute approximate surface area is 182 Å². The van der Waals surface area contributed by atoms with Gasteiger partial charge in [-0.05, 0) is 56.3 Å². The fourth-order valence-corrected chi connectivity index (χ4v) is 3.97. The van der Waals surface area contributed by atoms with Gasteiger partial charge in [0, 0.05) is 33.6 Å². The number of nitrogens with one attached hydrogen (secondary N) is 2. The van der Waals surface area contributed by atoms with E-state index in [1.807, 2.05) is 36.4 Å². The van der Waals surface area contributed by atoms with Crippen molar-refractivity contribution >= 4 is 44.4 Å². The first-order valence-corrected chi connectivity index (χ1v) is 10.8. The summed E-state index contributed by atoms with van der Waals surface area (Å²) in [6.07, 6.45) is 2.88. The van der Waals surface area contributed by atoms with Gasteiger partial charge in [0.25, 0.3) is 0 Å². The van der Waals surface area contributed by atoms with Gasteiger partial charge < -0.3 is 4.74 Å². The Morgan fingerprint density at radius 1 is 1.17 bits per heavy atom. The van der Waals surface area contributed by atoms with Gasteiger partial charge in [-0.3, -0.25) is 20.1 Å². The molecule has 0 unspecified atom stereocenters. The van der Waals surface area contributed by atoms with Gasteiger partial charge in [-0.2, -0.15) is 5.10 Å². The van der Waals surface area contributed by atoms with Crippen molar-refractivity contribution in [2.75, 3.05) is 31.6 Å². The minimum absolute atomic E-state index is 0.0597. The maximum Gasteiger partial charge on any atom is 0.411 e. The molecular formula is C22H23BrN4O3. The summed E-state index contributed by atoms with van der Waals surface area (Å²) in [6.45, 7) is 2.63. The molecule has 1 aliphatic rings. The molecule has 1 amide bonds. The fourth-order valence-electron chi connectivity index (χ4n) is 3.71. The third kappa shape index (κ3) is 5.06. The molecule has 30 heavy (non-hydrogen) atoms. The Kier molecular flexibility index (Phi) is 6.44. The zero-order valence-electron chi connectivity index (χ0n) is 16.4. The summed E-state index contributed by atoms with van der Waals surface area (Å²) in [6, 6.07) is 13.0. The van der Waals surface area contributed by atoms with Crippen LogP contribution in [0.15, 0.2) is 53.1 Å². The summed E-state index contributed by atoms with van der Waals surface area (Å²) in [4.78, 5) is 26.9. The first-order valence-electron chi connectivity index (χ1n) is 9.97. The van der Waals surface area contributed by atoms with Crippen LogP contribution in [0.25, 0.3) is 10.9 Å². The molecule has 1 fully saturated rings. The number of aromatic amines is 1. The zero-order valence-corrected chi connectivity index (χ0v) is 18.0. The van der Waals surface area contributed by atoms with Crippen LogP contribution in [0.3, 0.4) is 0 Å². The van der Waals surface area contributed by atoms with Crippen LogP contribution < -0.4 is 5.32 Å². The minimum atomic E-state index is -0.474. The molecule has 0 radical (unpaired) electrons. The number of ketones is 1. The lowest BCUT2D eigenvalue weighted by molar-refractivity contribution is 0.0813. The van der Waals surface area contributed by atoms with Gasteiger partial charge in [-0.25, -0.2) is 4.79 Å². The van der Waals surface area contributed by atoms with Crippen LogP contribution in [-0.4, -0.2) is 53.2 Å². The van der Waals surface area contributed by atoms with Gasteiger partial charge in [0.2, 0.25) is 0 Å². The van der Waals surface area contributed by atoms with Gasteiger partial charge in [0.15, 0.2) is 5.78 Å². The topological polar surface area (TPSA) is 87.3 Å². The highest BCUT2D eigenvalue weighted by Crippen LogP contribution is 2.23. The lowest BCUT2D eigenvalue weighted by Crippen LogP contribution is -2.38. The van der Waals surface area contributed by atoms with Crippen LogP contribution in [0.4, 0.5) is 10.5 Å². The van der Waals surface area contributed by atoms with Crippen molar-refractivity contribution in [3.8, 4) is 0 Å². The number of fused-ring (bicyclic) bond motifs is 1. The SMILES string of the molecule is O=C(Nc1ccc2[nH]ncc2c1)OCCN1CCC(C(=O)c2ccc(Br)cc2)CC1. The lowest BCUT2D eigenvalue weighted by atomic mass is 9.89. The lowest BCUT2D eigenvalue weighted by Gasteiger charge is -2.31. The van der Waals surface area contributed by atoms with E-state index in [4.69, 9.17) is 4.74 Å². The summed E-state index contributed by atoms with van der Waals surface area (Å²) in [5, 5.41) is 10.5. The summed E-state index contributed by atoms with van der Waals surface area (Å²) in [5.74, 6) is 0.275. The van der Waals surface area contributed by atoms with Gasteiger partial charge in [-0.15, -0.1) is 0 Å². The summed E-state index contributed by atoms with van der Waals surface area (Å²) in [7, 11) is 0. The van der Waals surface area contributed by atoms with E-state index >= 15 is 0 Å². The molecule has 8 heteroatoms. The molecule has 4 rings (SSSR count). The molecule has 7 nitrogen and oxygen atoms in total. The highest BCUT2D eigenvalue weighted by atomic mass is 79.9. The van der Waals surface area contributed by atoms with E-state index in [0.29, 0.717) is 18.8 Å². The number of H-pyrrole nitrogens is 1. The number of anilines is 1. The van der Waals surface area contributed by atoms with Crippen molar-refractivity contribution in [1.29, 1.82) is 0 Å². The molecule has 2 heterocycles. The van der Waals surface area contributed by atoms with Crippen molar-refractivity contribution in [3.63, 3.8) is 0 Å². The zero-order chi connectivity index (χ0) is 20.9. The maximum absolute atomic E-state index is 12.6. The van der Waals surface area contributed by atoms with E-state index < -0.39 is 6.09 Å². The van der Waals surface area contributed by atoms with Gasteiger partial charge >= 0.3 is 6.09 Å². The van der Waals surface area contributed by atoms with Crippen molar-refractivity contribution < 1.29 is 14.3 Å². The molecule has 1 aromatic heterocycles. The van der Waals surface area contributed by atoms with Crippen LogP contribution in [0, 0.1) is 5.92 Å². The standard InChI is InChI=1S/C22H23BrN4O3/c23-18-3-1-15(2-4-18)21(28)16-7-9-27(10-8-16)11-12-30-22(29)25-19-5-6-20-17(13-19)14-24-26-20/h1-6,13-14,16H,7-12H2,(H,24,26)(H,25,29). The van der Waals surface area contributed by atoms with E-state index in [2.05, 4.69) is 36.3 Å². The number of hydrogen-bond donors (Lipinski definition) is 2. The van der Waals surface area contributed by atoms with Gasteiger partial charge in [0.05, 0.1) is 11.7 Å². The molecule has 0 spiro atoms. The van der Waals surface area contributed by atoms with Crippen LogP contribution in [0.5, 0.6) is 0 Å². The normalized spacial score (nSPS) is 15.2. The minimum Gasteiger partial charge on any atom is -0.448 e. The number of nitrogens with zero attached hydrogens (tertiary/aromatic N) is 2. The number of likely N-dealkylation sites (tertiary alicyclic amines) is 1. The number of carbonyl (C=O) groups is 2. The molecule has 3 aromatic rings. The quantitative estimate of drug-likeness (QED) is 0.518. The van der Waals surface area contributed by atoms with Crippen molar-refractivity contribution in [2.24, 2.45) is 5.92 Å². The Morgan fingerprint density at radius 2 is 1.93 bits per heavy atom. The molecule has 0 saturated carbocycles. The first kappa shape index (κ1) is 20.6. The number of Topliss-reactive ketones (excluding diaryl/α,β-unsaturated/α-hetero) is 1. The van der Waals surface area contributed by atoms with E-state index in [9.17, 15) is 9.59 Å². The molecular weight excluding hydrogens is 448 g/mol. The first-order chi connectivity index (χ1) is 14.6. The van der Waals surface area contributed by atoms with E-state index in [-0.39, 0.29) is 11.7 Å². The number of piperidine rings is 1. The third-order valence-electron chi connectivity index (χ3n) is 5.41. The van der Waals surface area contributed by atoms with Gasteiger partial charge in [0.1, 0.15) is 6.61 Å². The number of rotatable bonds is 6. The second-order valence-corrected chi connectivity index (χ2v) is 8.34. The second kappa shape index (κ2) is 9.40. The van der Waals surface area contributed by atoms with Crippen molar-refractivity contribution in [1.82, 2.24) is 15.1 Å².